The van der Waals surface area contributed by atoms with Gasteiger partial charge in [0.2, 0.25) is 0 Å². The van der Waals surface area contributed by atoms with Gasteiger partial charge in [-0.1, -0.05) is 31.2 Å². The molecule has 0 amide bonds. The number of piperidine rings is 1. The zero-order valence-corrected chi connectivity index (χ0v) is 14.4. The smallest absolute Gasteiger partial charge is 0.170 e. The molecule has 1 aliphatic rings. The number of carbonyl (C=O) groups excluding carboxylic acids is 1. The highest BCUT2D eigenvalue weighted by atomic mass is 16.1. The van der Waals surface area contributed by atoms with Crippen LogP contribution >= 0.6 is 0 Å². The number of aromatic nitrogens is 3. The quantitative estimate of drug-likeness (QED) is 0.686. The number of aldehydes is 1. The summed E-state index contributed by atoms with van der Waals surface area (Å²) in [7, 11) is 0. The van der Waals surface area contributed by atoms with E-state index in [1.807, 2.05) is 12.3 Å². The summed E-state index contributed by atoms with van der Waals surface area (Å²) < 4.78 is 1.73. The van der Waals surface area contributed by atoms with Crippen LogP contribution in [0.2, 0.25) is 0 Å². The minimum Gasteiger partial charge on any atom is -0.304 e. The van der Waals surface area contributed by atoms with Crippen LogP contribution in [-0.2, 0) is 0 Å². The molecule has 2 aromatic heterocycles. The predicted octanol–water partition coefficient (Wildman–Crippen LogP) is 3.41. The van der Waals surface area contributed by atoms with Crippen molar-refractivity contribution in [3.63, 3.8) is 0 Å². The van der Waals surface area contributed by atoms with Crippen LogP contribution in [0.1, 0.15) is 41.7 Å². The van der Waals surface area contributed by atoms with Gasteiger partial charge in [-0.3, -0.25) is 4.79 Å². The van der Waals surface area contributed by atoms with Gasteiger partial charge in [-0.15, -0.1) is 0 Å². The van der Waals surface area contributed by atoms with Crippen molar-refractivity contribution in [3.05, 3.63) is 53.9 Å². The molecule has 128 valence electrons. The summed E-state index contributed by atoms with van der Waals surface area (Å²) in [6.07, 6.45) is 5.03. The molecule has 0 saturated carbocycles. The van der Waals surface area contributed by atoms with Crippen molar-refractivity contribution < 1.29 is 4.79 Å². The molecule has 4 rings (SSSR count). The maximum Gasteiger partial charge on any atom is 0.170 e. The first-order chi connectivity index (χ1) is 12.3. The summed E-state index contributed by atoms with van der Waals surface area (Å²) in [5.74, 6) is 0.652. The molecule has 0 aliphatic carbocycles. The van der Waals surface area contributed by atoms with Crippen LogP contribution in [0.4, 0.5) is 0 Å². The Morgan fingerprint density at radius 1 is 1.12 bits per heavy atom. The molecule has 5 heteroatoms. The van der Waals surface area contributed by atoms with Crippen molar-refractivity contribution in [3.8, 4) is 11.3 Å². The molecule has 1 saturated heterocycles. The van der Waals surface area contributed by atoms with Crippen molar-refractivity contribution in [2.75, 3.05) is 19.6 Å². The molecule has 5 nitrogen and oxygen atoms in total. The monoisotopic (exact) mass is 334 g/mol. The predicted molar refractivity (Wildman–Crippen MR) is 97.9 cm³/mol. The number of imidazole rings is 1. The lowest BCUT2D eigenvalue weighted by atomic mass is 9.89. The zero-order chi connectivity index (χ0) is 17.2. The Kier molecular flexibility index (Phi) is 4.32. The summed E-state index contributed by atoms with van der Waals surface area (Å²) in [4.78, 5) is 17.9. The van der Waals surface area contributed by atoms with Gasteiger partial charge in [0.25, 0.3) is 0 Å². The standard InChI is InChI=1S/C20H22N4O/c1-2-23-11-9-16(10-12-23)15-3-5-17(6-4-15)19-13-21-20-8-7-18(14-25)22-24(19)20/h3-8,13-14,16H,2,9-12H2,1H3. The second kappa shape index (κ2) is 6.76. The molecule has 0 bridgehead atoms. The highest BCUT2D eigenvalue weighted by Crippen LogP contribution is 2.30. The summed E-state index contributed by atoms with van der Waals surface area (Å²) in [5, 5.41) is 4.34. The summed E-state index contributed by atoms with van der Waals surface area (Å²) in [6, 6.07) is 12.2. The molecule has 1 fully saturated rings. The minimum absolute atomic E-state index is 0.408. The van der Waals surface area contributed by atoms with Crippen LogP contribution in [-0.4, -0.2) is 45.4 Å². The van der Waals surface area contributed by atoms with Crippen LogP contribution in [0, 0.1) is 0 Å². The third-order valence-corrected chi connectivity index (χ3v) is 5.22. The summed E-state index contributed by atoms with van der Waals surface area (Å²) in [6.45, 7) is 5.76. The Morgan fingerprint density at radius 2 is 1.88 bits per heavy atom. The van der Waals surface area contributed by atoms with Gasteiger partial charge >= 0.3 is 0 Å². The van der Waals surface area contributed by atoms with Crippen LogP contribution in [0.25, 0.3) is 16.9 Å². The Hall–Kier alpha value is -2.53. The molecule has 0 atom stereocenters. The largest absolute Gasteiger partial charge is 0.304 e. The van der Waals surface area contributed by atoms with Gasteiger partial charge in [0, 0.05) is 5.56 Å². The Labute approximate surface area is 147 Å². The van der Waals surface area contributed by atoms with E-state index in [9.17, 15) is 4.79 Å². The zero-order valence-electron chi connectivity index (χ0n) is 14.4. The lowest BCUT2D eigenvalue weighted by Gasteiger charge is -2.31. The SMILES string of the molecule is CCN1CCC(c2ccc(-c3cnc4ccc(C=O)nn34)cc2)CC1. The molecule has 0 N–H and O–H groups in total. The van der Waals surface area contributed by atoms with E-state index in [4.69, 9.17) is 0 Å². The first-order valence-corrected chi connectivity index (χ1v) is 8.91. The average molecular weight is 334 g/mol. The van der Waals surface area contributed by atoms with E-state index in [2.05, 4.69) is 46.2 Å². The van der Waals surface area contributed by atoms with Gasteiger partial charge < -0.3 is 4.90 Å². The molecular weight excluding hydrogens is 312 g/mol. The van der Waals surface area contributed by atoms with Gasteiger partial charge in [0.05, 0.1) is 11.9 Å². The van der Waals surface area contributed by atoms with Crippen molar-refractivity contribution in [1.29, 1.82) is 0 Å². The number of nitrogens with zero attached hydrogens (tertiary/aromatic N) is 4. The lowest BCUT2D eigenvalue weighted by molar-refractivity contribution is 0.111. The number of benzene rings is 1. The molecule has 1 aliphatic heterocycles. The van der Waals surface area contributed by atoms with Crippen molar-refractivity contribution in [1.82, 2.24) is 19.5 Å². The normalized spacial score (nSPS) is 16.4. The average Bonchev–Trinajstić information content (AvgIpc) is 3.11. The molecule has 1 aromatic carbocycles. The van der Waals surface area contributed by atoms with Gasteiger partial charge in [0.1, 0.15) is 5.69 Å². The van der Waals surface area contributed by atoms with Gasteiger partial charge in [0.15, 0.2) is 11.9 Å². The first kappa shape index (κ1) is 16.0. The highest BCUT2D eigenvalue weighted by Gasteiger charge is 2.19. The number of fused-ring (bicyclic) bond motifs is 1. The van der Waals surface area contributed by atoms with Crippen LogP contribution in [0.5, 0.6) is 0 Å². The van der Waals surface area contributed by atoms with Crippen LogP contribution in [0.15, 0.2) is 42.6 Å². The van der Waals surface area contributed by atoms with E-state index in [0.717, 1.165) is 29.7 Å². The van der Waals surface area contributed by atoms with Crippen LogP contribution < -0.4 is 0 Å². The number of likely N-dealkylation sites (tertiary alicyclic amines) is 1. The molecule has 0 spiro atoms. The Balaban J connectivity index is 1.59. The fourth-order valence-corrected chi connectivity index (χ4v) is 3.66. The van der Waals surface area contributed by atoms with Gasteiger partial charge in [-0.25, -0.2) is 9.50 Å². The molecule has 25 heavy (non-hydrogen) atoms. The van der Waals surface area contributed by atoms with Gasteiger partial charge in [-0.2, -0.15) is 5.10 Å². The second-order valence-electron chi connectivity index (χ2n) is 6.62. The van der Waals surface area contributed by atoms with E-state index >= 15 is 0 Å². The maximum atomic E-state index is 11.0. The third kappa shape index (κ3) is 3.07. The minimum atomic E-state index is 0.408. The Bertz CT molecular complexity index is 876. The molecule has 3 heterocycles. The first-order valence-electron chi connectivity index (χ1n) is 8.91. The van der Waals surface area contributed by atoms with Crippen molar-refractivity contribution >= 4 is 11.9 Å². The highest BCUT2D eigenvalue weighted by molar-refractivity contribution is 5.72. The Morgan fingerprint density at radius 3 is 2.56 bits per heavy atom. The molecule has 3 aromatic rings. The second-order valence-corrected chi connectivity index (χ2v) is 6.62. The van der Waals surface area contributed by atoms with E-state index < -0.39 is 0 Å². The van der Waals surface area contributed by atoms with Crippen molar-refractivity contribution in [2.45, 2.75) is 25.7 Å². The lowest BCUT2D eigenvalue weighted by Crippen LogP contribution is -2.32. The fraction of sp³-hybridized carbons (Fsp3) is 0.350. The number of rotatable bonds is 4. The topological polar surface area (TPSA) is 50.5 Å². The summed E-state index contributed by atoms with van der Waals surface area (Å²) in [5.41, 5.74) is 4.54. The fourth-order valence-electron chi connectivity index (χ4n) is 3.66. The molecule has 0 radical (unpaired) electrons. The molecular formula is C20H22N4O. The van der Waals surface area contributed by atoms with E-state index in [1.165, 1.54) is 31.5 Å². The molecule has 0 unspecified atom stereocenters. The number of hydrogen-bond acceptors (Lipinski definition) is 4. The van der Waals surface area contributed by atoms with Crippen molar-refractivity contribution in [2.24, 2.45) is 0 Å². The van der Waals surface area contributed by atoms with E-state index in [0.29, 0.717) is 11.6 Å². The number of carbonyl (C=O) groups is 1. The number of hydrogen-bond donors (Lipinski definition) is 0. The van der Waals surface area contributed by atoms with E-state index in [1.54, 1.807) is 10.6 Å². The third-order valence-electron chi connectivity index (χ3n) is 5.22. The van der Waals surface area contributed by atoms with Crippen LogP contribution in [0.3, 0.4) is 0 Å². The van der Waals surface area contributed by atoms with Gasteiger partial charge in [-0.05, 0) is 56.1 Å². The summed E-state index contributed by atoms with van der Waals surface area (Å²) >= 11 is 0. The van der Waals surface area contributed by atoms with E-state index in [-0.39, 0.29) is 0 Å². The maximum absolute atomic E-state index is 11.0.